The van der Waals surface area contributed by atoms with Crippen LogP contribution in [-0.4, -0.2) is 41.1 Å². The van der Waals surface area contributed by atoms with Gasteiger partial charge in [-0.1, -0.05) is 12.1 Å². The van der Waals surface area contributed by atoms with Crippen molar-refractivity contribution in [3.63, 3.8) is 0 Å². The summed E-state index contributed by atoms with van der Waals surface area (Å²) >= 11 is 1.46. The Kier molecular flexibility index (Phi) is 5.83. The highest BCUT2D eigenvalue weighted by molar-refractivity contribution is 7.07. The first kappa shape index (κ1) is 19.1. The number of ether oxygens (including phenoxy) is 1. The number of hydrogen-bond acceptors (Lipinski definition) is 6. The minimum absolute atomic E-state index is 0.282. The summed E-state index contributed by atoms with van der Waals surface area (Å²) in [7, 11) is 1.64. The molecule has 8 heteroatoms. The van der Waals surface area contributed by atoms with Gasteiger partial charge >= 0.3 is 0 Å². The molecule has 2 aromatic heterocycles. The van der Waals surface area contributed by atoms with Crippen LogP contribution in [0.5, 0.6) is 0 Å². The summed E-state index contributed by atoms with van der Waals surface area (Å²) < 4.78 is 20.1. The van der Waals surface area contributed by atoms with Gasteiger partial charge in [0.25, 0.3) is 0 Å². The molecule has 6 nitrogen and oxygen atoms in total. The summed E-state index contributed by atoms with van der Waals surface area (Å²) in [5.41, 5.74) is 3.93. The Morgan fingerprint density at radius 3 is 2.72 bits per heavy atom. The highest BCUT2D eigenvalue weighted by atomic mass is 32.1. The maximum atomic E-state index is 13.3. The van der Waals surface area contributed by atoms with Gasteiger partial charge in [-0.25, -0.2) is 14.1 Å². The molecule has 2 aromatic carbocycles. The normalized spacial score (nSPS) is 12.3. The number of aromatic nitrogens is 3. The number of thiazole rings is 1. The molecule has 4 aromatic rings. The maximum absolute atomic E-state index is 13.3. The number of hydrogen-bond donors (Lipinski definition) is 0. The molecule has 0 bridgehead atoms. The van der Waals surface area contributed by atoms with Crippen LogP contribution in [0, 0.1) is 5.82 Å². The number of nitrogens with zero attached hydrogens (tertiary/aromatic N) is 5. The van der Waals surface area contributed by atoms with Crippen LogP contribution >= 0.6 is 11.3 Å². The largest absolute Gasteiger partial charge is 0.383 e. The van der Waals surface area contributed by atoms with Crippen LogP contribution in [0.15, 0.2) is 70.2 Å². The molecule has 29 heavy (non-hydrogen) atoms. The van der Waals surface area contributed by atoms with Crippen molar-refractivity contribution in [3.05, 3.63) is 76.4 Å². The zero-order valence-electron chi connectivity index (χ0n) is 15.7. The average molecular weight is 407 g/mol. The Balaban J connectivity index is 1.74. The van der Waals surface area contributed by atoms with Crippen molar-refractivity contribution in [2.45, 2.75) is 0 Å². The molecular formula is C21H18FN5OS. The predicted octanol–water partition coefficient (Wildman–Crippen LogP) is 3.73. The van der Waals surface area contributed by atoms with Crippen molar-refractivity contribution in [1.29, 1.82) is 0 Å². The highest BCUT2D eigenvalue weighted by Crippen LogP contribution is 2.20. The van der Waals surface area contributed by atoms with Crippen LogP contribution in [-0.2, 0) is 4.74 Å². The molecule has 4 rings (SSSR count). The monoisotopic (exact) mass is 407 g/mol. The third-order valence-corrected chi connectivity index (χ3v) is 4.99. The number of methoxy groups -OCH3 is 1. The van der Waals surface area contributed by atoms with E-state index in [0.717, 1.165) is 22.3 Å². The van der Waals surface area contributed by atoms with Gasteiger partial charge in [-0.05, 0) is 36.4 Å². The standard InChI is InChI=1S/C21H18FN5OS/c1-28-11-10-23-21-27(20(14-29-21)15-6-8-16(22)9-7-15)25-13-17-12-24-18-4-2-3-5-19(18)26-17/h2-9,12-14H,10-11H2,1H3/b23-21?,25-13-. The minimum atomic E-state index is -0.282. The van der Waals surface area contributed by atoms with Gasteiger partial charge in [-0.2, -0.15) is 5.10 Å². The molecule has 0 amide bonds. The SMILES string of the molecule is COCCN=c1scc(-c2ccc(F)cc2)n1/N=C\c1cnc2ccccc2n1. The summed E-state index contributed by atoms with van der Waals surface area (Å²) in [6.07, 6.45) is 3.33. The van der Waals surface area contributed by atoms with Crippen LogP contribution < -0.4 is 4.80 Å². The van der Waals surface area contributed by atoms with Crippen LogP contribution in [0.4, 0.5) is 4.39 Å². The van der Waals surface area contributed by atoms with E-state index in [1.54, 1.807) is 36.3 Å². The first-order chi connectivity index (χ1) is 14.2. The van der Waals surface area contributed by atoms with Gasteiger partial charge < -0.3 is 4.74 Å². The van der Waals surface area contributed by atoms with Crippen LogP contribution in [0.3, 0.4) is 0 Å². The van der Waals surface area contributed by atoms with E-state index in [0.29, 0.717) is 23.6 Å². The molecule has 0 atom stereocenters. The van der Waals surface area contributed by atoms with Crippen molar-refractivity contribution in [1.82, 2.24) is 14.6 Å². The molecule has 0 spiro atoms. The van der Waals surface area contributed by atoms with Crippen molar-refractivity contribution < 1.29 is 9.13 Å². The van der Waals surface area contributed by atoms with E-state index in [1.165, 1.54) is 23.5 Å². The number of fused-ring (bicyclic) bond motifs is 1. The Hall–Kier alpha value is -3.23. The molecule has 0 aliphatic heterocycles. The van der Waals surface area contributed by atoms with Gasteiger partial charge in [0.15, 0.2) is 0 Å². The fourth-order valence-electron chi connectivity index (χ4n) is 2.72. The first-order valence-corrected chi connectivity index (χ1v) is 9.84. The second kappa shape index (κ2) is 8.85. The fraction of sp³-hybridized carbons (Fsp3) is 0.143. The average Bonchev–Trinajstić information content (AvgIpc) is 3.15. The summed E-state index contributed by atoms with van der Waals surface area (Å²) in [4.78, 5) is 14.3. The molecule has 0 aliphatic rings. The first-order valence-electron chi connectivity index (χ1n) is 8.96. The van der Waals surface area contributed by atoms with Gasteiger partial charge in [0.1, 0.15) is 11.5 Å². The van der Waals surface area contributed by atoms with Crippen molar-refractivity contribution in [2.75, 3.05) is 20.3 Å². The number of para-hydroxylation sites is 2. The van der Waals surface area contributed by atoms with Gasteiger partial charge in [0.05, 0.1) is 42.3 Å². The lowest BCUT2D eigenvalue weighted by Crippen LogP contribution is -2.14. The van der Waals surface area contributed by atoms with E-state index < -0.39 is 0 Å². The van der Waals surface area contributed by atoms with E-state index in [4.69, 9.17) is 4.74 Å². The fourth-order valence-corrected chi connectivity index (χ4v) is 3.59. The topological polar surface area (TPSA) is 64.7 Å². The van der Waals surface area contributed by atoms with Crippen molar-refractivity contribution in [2.24, 2.45) is 10.1 Å². The molecule has 146 valence electrons. The second-order valence-electron chi connectivity index (χ2n) is 6.12. The Labute approximate surface area is 170 Å². The molecule has 0 unspecified atom stereocenters. The Morgan fingerprint density at radius 1 is 1.14 bits per heavy atom. The van der Waals surface area contributed by atoms with Gasteiger partial charge in [0, 0.05) is 18.1 Å². The van der Waals surface area contributed by atoms with Gasteiger partial charge in [-0.15, -0.1) is 11.3 Å². The molecule has 0 saturated heterocycles. The lowest BCUT2D eigenvalue weighted by atomic mass is 10.2. The van der Waals surface area contributed by atoms with E-state index >= 15 is 0 Å². The third kappa shape index (κ3) is 4.44. The molecule has 0 N–H and O–H groups in total. The van der Waals surface area contributed by atoms with E-state index in [9.17, 15) is 4.39 Å². The number of halogens is 1. The van der Waals surface area contributed by atoms with E-state index in [1.807, 2.05) is 29.6 Å². The Bertz CT molecular complexity index is 1210. The second-order valence-corrected chi connectivity index (χ2v) is 6.96. The molecule has 0 radical (unpaired) electrons. The van der Waals surface area contributed by atoms with Crippen LogP contribution in [0.2, 0.25) is 0 Å². The molecule has 0 aliphatic carbocycles. The minimum Gasteiger partial charge on any atom is -0.383 e. The summed E-state index contributed by atoms with van der Waals surface area (Å²) in [5.74, 6) is -0.282. The van der Waals surface area contributed by atoms with E-state index in [-0.39, 0.29) is 5.82 Å². The smallest absolute Gasteiger partial charge is 0.206 e. The highest BCUT2D eigenvalue weighted by Gasteiger charge is 2.08. The summed E-state index contributed by atoms with van der Waals surface area (Å²) in [6.45, 7) is 1.04. The lowest BCUT2D eigenvalue weighted by Gasteiger charge is -2.04. The number of benzene rings is 2. The van der Waals surface area contributed by atoms with Gasteiger partial charge in [0.2, 0.25) is 4.80 Å². The summed E-state index contributed by atoms with van der Waals surface area (Å²) in [6, 6.07) is 14.0. The van der Waals surface area contributed by atoms with Crippen molar-refractivity contribution in [3.8, 4) is 11.3 Å². The lowest BCUT2D eigenvalue weighted by molar-refractivity contribution is 0.207. The predicted molar refractivity (Wildman–Crippen MR) is 113 cm³/mol. The number of rotatable bonds is 6. The van der Waals surface area contributed by atoms with Crippen molar-refractivity contribution >= 4 is 28.6 Å². The maximum Gasteiger partial charge on any atom is 0.206 e. The van der Waals surface area contributed by atoms with E-state index in [2.05, 4.69) is 20.1 Å². The van der Waals surface area contributed by atoms with Crippen LogP contribution in [0.25, 0.3) is 22.3 Å². The Morgan fingerprint density at radius 2 is 1.93 bits per heavy atom. The molecule has 0 fully saturated rings. The zero-order valence-corrected chi connectivity index (χ0v) is 16.5. The zero-order chi connectivity index (χ0) is 20.1. The summed E-state index contributed by atoms with van der Waals surface area (Å²) in [5, 5.41) is 6.54. The van der Waals surface area contributed by atoms with Crippen LogP contribution in [0.1, 0.15) is 5.69 Å². The third-order valence-electron chi connectivity index (χ3n) is 4.14. The quantitative estimate of drug-likeness (QED) is 0.361. The molecule has 0 saturated carbocycles. The van der Waals surface area contributed by atoms with Gasteiger partial charge in [-0.3, -0.25) is 9.98 Å². The molecular weight excluding hydrogens is 389 g/mol. The molecule has 2 heterocycles.